The molecule has 0 aliphatic carbocycles. The molecule has 0 radical (unpaired) electrons. The van der Waals surface area contributed by atoms with E-state index >= 15 is 0 Å². The first-order chi connectivity index (χ1) is 26.0. The lowest BCUT2D eigenvalue weighted by Crippen LogP contribution is -2.10. The normalized spacial score (nSPS) is 11.1. The molecule has 0 saturated carbocycles. The second kappa shape index (κ2) is 16.1. The lowest BCUT2D eigenvalue weighted by Gasteiger charge is -2.26. The lowest BCUT2D eigenvalue weighted by molar-refractivity contribution is 0.414. The topological polar surface area (TPSA) is 48.3 Å². The highest BCUT2D eigenvalue weighted by atomic mass is 16.5. The summed E-state index contributed by atoms with van der Waals surface area (Å²) in [6, 6.07) is 46.6. The maximum atomic E-state index is 5.50. The second-order valence-corrected chi connectivity index (χ2v) is 13.1. The van der Waals surface area contributed by atoms with Crippen molar-refractivity contribution in [3.05, 3.63) is 133 Å². The standard InChI is InChI=1S/C46H47N3O4/c1-6-7-8-9-30-47-45-31-37(48(33-10-20-39(50-2)21-11-33)34-12-22-40(51-3)23-13-34)18-28-43(45)44-29-19-38(32-46(44)47)49(35-14-24-41(52-4)25-15-35)36-16-26-42(53-5)27-17-36/h10-29,31-32H,6-9,30H2,1-5H3. The first-order valence-corrected chi connectivity index (χ1v) is 18.3. The Labute approximate surface area is 312 Å². The summed E-state index contributed by atoms with van der Waals surface area (Å²) in [7, 11) is 6.79. The zero-order valence-electron chi connectivity index (χ0n) is 31.2. The van der Waals surface area contributed by atoms with Crippen LogP contribution in [0.1, 0.15) is 32.6 Å². The zero-order valence-corrected chi connectivity index (χ0v) is 31.2. The van der Waals surface area contributed by atoms with Gasteiger partial charge < -0.3 is 33.3 Å². The Balaban J connectivity index is 1.40. The first kappa shape index (κ1) is 35.3. The Morgan fingerprint density at radius 3 is 1.02 bits per heavy atom. The van der Waals surface area contributed by atoms with Gasteiger partial charge in [0.1, 0.15) is 23.0 Å². The third kappa shape index (κ3) is 7.33. The molecule has 0 aliphatic rings. The fourth-order valence-electron chi connectivity index (χ4n) is 7.11. The van der Waals surface area contributed by atoms with Crippen LogP contribution in [0.3, 0.4) is 0 Å². The van der Waals surface area contributed by atoms with Crippen LogP contribution in [0.5, 0.6) is 23.0 Å². The molecule has 0 spiro atoms. The molecule has 53 heavy (non-hydrogen) atoms. The summed E-state index contributed by atoms with van der Waals surface area (Å²) < 4.78 is 24.5. The summed E-state index contributed by atoms with van der Waals surface area (Å²) in [5.41, 5.74) is 8.72. The predicted octanol–water partition coefficient (Wildman–Crippen LogP) is 12.3. The van der Waals surface area contributed by atoms with Crippen molar-refractivity contribution in [3.8, 4) is 23.0 Å². The Morgan fingerprint density at radius 1 is 0.396 bits per heavy atom. The van der Waals surface area contributed by atoms with E-state index in [1.54, 1.807) is 28.4 Å². The van der Waals surface area contributed by atoms with E-state index < -0.39 is 0 Å². The Kier molecular flexibility index (Phi) is 10.7. The predicted molar refractivity (Wildman–Crippen MR) is 219 cm³/mol. The molecular formula is C46H47N3O4. The maximum Gasteiger partial charge on any atom is 0.119 e. The van der Waals surface area contributed by atoms with Gasteiger partial charge in [-0.25, -0.2) is 0 Å². The van der Waals surface area contributed by atoms with Crippen LogP contribution >= 0.6 is 0 Å². The number of ether oxygens (including phenoxy) is 4. The van der Waals surface area contributed by atoms with Gasteiger partial charge in [0, 0.05) is 51.4 Å². The molecule has 0 amide bonds. The van der Waals surface area contributed by atoms with E-state index in [1.807, 2.05) is 48.5 Å². The van der Waals surface area contributed by atoms with Gasteiger partial charge in [-0.05, 0) is 128 Å². The molecule has 0 aliphatic heterocycles. The van der Waals surface area contributed by atoms with Crippen LogP contribution in [-0.4, -0.2) is 33.0 Å². The van der Waals surface area contributed by atoms with Crippen molar-refractivity contribution in [3.63, 3.8) is 0 Å². The molecule has 0 fully saturated rings. The molecular weight excluding hydrogens is 659 g/mol. The Morgan fingerprint density at radius 2 is 0.717 bits per heavy atom. The number of hydrogen-bond donors (Lipinski definition) is 0. The van der Waals surface area contributed by atoms with Crippen molar-refractivity contribution in [2.45, 2.75) is 39.2 Å². The minimum atomic E-state index is 0.820. The van der Waals surface area contributed by atoms with Crippen molar-refractivity contribution in [1.29, 1.82) is 0 Å². The molecule has 0 bridgehead atoms. The third-order valence-corrected chi connectivity index (χ3v) is 9.91. The van der Waals surface area contributed by atoms with E-state index in [1.165, 1.54) is 41.1 Å². The van der Waals surface area contributed by atoms with Crippen molar-refractivity contribution in [2.24, 2.45) is 0 Å². The van der Waals surface area contributed by atoms with Gasteiger partial charge >= 0.3 is 0 Å². The summed E-state index contributed by atoms with van der Waals surface area (Å²) in [6.07, 6.45) is 4.70. The Hall–Kier alpha value is -6.08. The molecule has 7 nitrogen and oxygen atoms in total. The number of fused-ring (bicyclic) bond motifs is 3. The van der Waals surface area contributed by atoms with Crippen LogP contribution < -0.4 is 28.7 Å². The highest BCUT2D eigenvalue weighted by Gasteiger charge is 2.20. The molecule has 1 heterocycles. The number of anilines is 6. The van der Waals surface area contributed by atoms with Gasteiger partial charge in [0.05, 0.1) is 39.5 Å². The average Bonchev–Trinajstić information content (AvgIpc) is 3.52. The van der Waals surface area contributed by atoms with Crippen molar-refractivity contribution in [1.82, 2.24) is 4.57 Å². The zero-order chi connectivity index (χ0) is 36.7. The fourth-order valence-corrected chi connectivity index (χ4v) is 7.11. The maximum absolute atomic E-state index is 5.50. The van der Waals surface area contributed by atoms with Crippen LogP contribution in [0.4, 0.5) is 34.1 Å². The van der Waals surface area contributed by atoms with Crippen LogP contribution in [0.25, 0.3) is 21.8 Å². The van der Waals surface area contributed by atoms with E-state index in [4.69, 9.17) is 18.9 Å². The van der Waals surface area contributed by atoms with Gasteiger partial charge in [-0.1, -0.05) is 38.3 Å². The number of methoxy groups -OCH3 is 4. The summed E-state index contributed by atoms with van der Waals surface area (Å²) in [6.45, 7) is 3.18. The molecule has 7 heteroatoms. The average molecular weight is 706 g/mol. The Bertz CT molecular complexity index is 2010. The minimum absolute atomic E-state index is 0.820. The highest BCUT2D eigenvalue weighted by molar-refractivity contribution is 6.10. The van der Waals surface area contributed by atoms with Gasteiger partial charge in [-0.2, -0.15) is 0 Å². The number of nitrogens with zero attached hydrogens (tertiary/aromatic N) is 3. The monoisotopic (exact) mass is 705 g/mol. The van der Waals surface area contributed by atoms with Crippen molar-refractivity contribution < 1.29 is 18.9 Å². The van der Waals surface area contributed by atoms with E-state index in [9.17, 15) is 0 Å². The van der Waals surface area contributed by atoms with E-state index in [0.29, 0.717) is 0 Å². The smallest absolute Gasteiger partial charge is 0.119 e. The second-order valence-electron chi connectivity index (χ2n) is 13.1. The summed E-state index contributed by atoms with van der Waals surface area (Å²) in [5, 5.41) is 2.46. The van der Waals surface area contributed by atoms with Gasteiger partial charge in [0.25, 0.3) is 0 Å². The number of benzene rings is 6. The van der Waals surface area contributed by atoms with Crippen molar-refractivity contribution >= 4 is 55.9 Å². The van der Waals surface area contributed by atoms with Crippen LogP contribution in [0.15, 0.2) is 133 Å². The first-order valence-electron chi connectivity index (χ1n) is 18.3. The molecule has 270 valence electrons. The van der Waals surface area contributed by atoms with Crippen LogP contribution in [0, 0.1) is 0 Å². The summed E-state index contributed by atoms with van der Waals surface area (Å²) in [5.74, 6) is 3.28. The van der Waals surface area contributed by atoms with Crippen LogP contribution in [-0.2, 0) is 6.54 Å². The molecule has 1 aromatic heterocycles. The molecule has 7 rings (SSSR count). The quantitative estimate of drug-likeness (QED) is 0.0990. The third-order valence-electron chi connectivity index (χ3n) is 9.91. The highest BCUT2D eigenvalue weighted by Crippen LogP contribution is 2.42. The van der Waals surface area contributed by atoms with E-state index in [2.05, 4.69) is 106 Å². The number of hydrogen-bond acceptors (Lipinski definition) is 6. The van der Waals surface area contributed by atoms with E-state index in [-0.39, 0.29) is 0 Å². The largest absolute Gasteiger partial charge is 0.497 e. The number of unbranched alkanes of at least 4 members (excludes halogenated alkanes) is 3. The SMILES string of the molecule is CCCCCCn1c2cc(N(c3ccc(OC)cc3)c3ccc(OC)cc3)ccc2c2ccc(N(c3ccc(OC)cc3)c3ccc(OC)cc3)cc21. The number of rotatable bonds is 15. The van der Waals surface area contributed by atoms with Gasteiger partial charge in [-0.15, -0.1) is 0 Å². The fraction of sp³-hybridized carbons (Fsp3) is 0.217. The van der Waals surface area contributed by atoms with Gasteiger partial charge in [0.15, 0.2) is 0 Å². The minimum Gasteiger partial charge on any atom is -0.497 e. The van der Waals surface area contributed by atoms with E-state index in [0.717, 1.165) is 70.1 Å². The van der Waals surface area contributed by atoms with Crippen LogP contribution in [0.2, 0.25) is 0 Å². The molecule has 0 unspecified atom stereocenters. The van der Waals surface area contributed by atoms with Gasteiger partial charge in [-0.3, -0.25) is 0 Å². The lowest BCUT2D eigenvalue weighted by atomic mass is 10.1. The molecule has 0 atom stereocenters. The number of aromatic nitrogens is 1. The molecule has 7 aromatic rings. The molecule has 0 saturated heterocycles. The molecule has 6 aromatic carbocycles. The molecule has 0 N–H and O–H groups in total. The number of aryl methyl sites for hydroxylation is 1. The summed E-state index contributed by atoms with van der Waals surface area (Å²) in [4.78, 5) is 4.58. The summed E-state index contributed by atoms with van der Waals surface area (Å²) >= 11 is 0. The van der Waals surface area contributed by atoms with Gasteiger partial charge in [0.2, 0.25) is 0 Å². The van der Waals surface area contributed by atoms with Crippen molar-refractivity contribution in [2.75, 3.05) is 38.2 Å².